The van der Waals surface area contributed by atoms with Crippen LogP contribution in [-0.4, -0.2) is 21.3 Å². The molecule has 3 aromatic heterocycles. The molecule has 0 spiro atoms. The fraction of sp³-hybridized carbons (Fsp3) is 0.176. The van der Waals surface area contributed by atoms with Crippen molar-refractivity contribution >= 4 is 44.7 Å². The van der Waals surface area contributed by atoms with Gasteiger partial charge in [-0.05, 0) is 42.5 Å². The van der Waals surface area contributed by atoms with Crippen molar-refractivity contribution in [2.24, 2.45) is 0 Å². The van der Waals surface area contributed by atoms with Crippen molar-refractivity contribution in [1.29, 1.82) is 0 Å². The largest absolute Gasteiger partial charge is 0.356 e. The van der Waals surface area contributed by atoms with Crippen molar-refractivity contribution < 1.29 is 9.32 Å². The smallest absolute Gasteiger partial charge is 0.232 e. The minimum absolute atomic E-state index is 0.129. The Morgan fingerprint density at radius 2 is 2.16 bits per heavy atom. The third-order valence-corrected chi connectivity index (χ3v) is 5.59. The number of rotatable bonds is 4. The second kappa shape index (κ2) is 6.38. The molecule has 0 aliphatic carbocycles. The van der Waals surface area contributed by atoms with E-state index in [1.54, 1.807) is 11.3 Å². The number of nitrogens with one attached hydrogen (secondary N) is 1. The number of carbonyl (C=O) groups excluding carboxylic acids is 1. The normalized spacial score (nSPS) is 11.1. The topological polar surface area (TPSA) is 80.9 Å². The van der Waals surface area contributed by atoms with Gasteiger partial charge in [-0.1, -0.05) is 28.6 Å². The maximum Gasteiger partial charge on any atom is 0.232 e. The number of thiophene rings is 1. The molecule has 1 amide bonds. The molecule has 6 nitrogen and oxygen atoms in total. The average Bonchev–Trinajstić information content (AvgIpc) is 3.28. The number of carbonyl (C=O) groups is 1. The van der Waals surface area contributed by atoms with Gasteiger partial charge in [0.05, 0.1) is 11.3 Å². The monoisotopic (exact) mass is 370 g/mol. The molecule has 126 valence electrons. The molecule has 4 rings (SSSR count). The number of hydrogen-bond donors (Lipinski definition) is 1. The summed E-state index contributed by atoms with van der Waals surface area (Å²) in [5.41, 5.74) is 3.48. The molecule has 8 heteroatoms. The Morgan fingerprint density at radius 3 is 2.96 bits per heavy atom. The molecular weight excluding hydrogens is 356 g/mol. The van der Waals surface area contributed by atoms with E-state index < -0.39 is 0 Å². The predicted octanol–water partition coefficient (Wildman–Crippen LogP) is 4.21. The Balaban J connectivity index is 1.51. The summed E-state index contributed by atoms with van der Waals surface area (Å²) in [5, 5.41) is 19.1. The number of benzene rings is 1. The van der Waals surface area contributed by atoms with Gasteiger partial charge in [0, 0.05) is 5.39 Å². The Morgan fingerprint density at radius 1 is 1.28 bits per heavy atom. The van der Waals surface area contributed by atoms with Gasteiger partial charge in [-0.25, -0.2) is 0 Å². The maximum atomic E-state index is 12.3. The molecule has 3 heterocycles. The Kier molecular flexibility index (Phi) is 4.06. The minimum atomic E-state index is -0.191. The van der Waals surface area contributed by atoms with Gasteiger partial charge >= 0.3 is 0 Å². The quantitative estimate of drug-likeness (QED) is 0.582. The summed E-state index contributed by atoms with van der Waals surface area (Å²) in [6, 6.07) is 7.95. The molecule has 0 unspecified atom stereocenters. The fourth-order valence-corrected chi connectivity index (χ4v) is 4.21. The molecule has 0 saturated heterocycles. The molecule has 25 heavy (non-hydrogen) atoms. The summed E-state index contributed by atoms with van der Waals surface area (Å²) in [4.78, 5) is 13.4. The molecule has 0 atom stereocenters. The van der Waals surface area contributed by atoms with Crippen LogP contribution in [0, 0.1) is 13.8 Å². The zero-order chi connectivity index (χ0) is 17.4. The summed E-state index contributed by atoms with van der Waals surface area (Å²) < 4.78 is 5.38. The Labute approximate surface area is 151 Å². The zero-order valence-corrected chi connectivity index (χ0v) is 15.2. The molecule has 1 aromatic carbocycles. The van der Waals surface area contributed by atoms with Gasteiger partial charge in [0.1, 0.15) is 5.69 Å². The van der Waals surface area contributed by atoms with E-state index in [4.69, 9.17) is 4.52 Å². The van der Waals surface area contributed by atoms with Gasteiger partial charge in [-0.3, -0.25) is 4.79 Å². The Hall–Kier alpha value is -2.58. The lowest BCUT2D eigenvalue weighted by atomic mass is 10.1. The highest BCUT2D eigenvalue weighted by atomic mass is 32.1. The van der Waals surface area contributed by atoms with Crippen LogP contribution in [0.4, 0.5) is 5.13 Å². The van der Waals surface area contributed by atoms with Crippen molar-refractivity contribution in [3.63, 3.8) is 0 Å². The van der Waals surface area contributed by atoms with Crippen molar-refractivity contribution in [3.8, 4) is 9.88 Å². The molecule has 1 N–H and O–H groups in total. The lowest BCUT2D eigenvalue weighted by Gasteiger charge is -2.00. The third kappa shape index (κ3) is 3.18. The van der Waals surface area contributed by atoms with Crippen LogP contribution in [0.15, 0.2) is 34.2 Å². The number of hydrogen-bond acceptors (Lipinski definition) is 7. The van der Waals surface area contributed by atoms with E-state index in [0.29, 0.717) is 10.8 Å². The van der Waals surface area contributed by atoms with Gasteiger partial charge in [0.15, 0.2) is 10.6 Å². The van der Waals surface area contributed by atoms with Gasteiger partial charge in [0.2, 0.25) is 11.0 Å². The first-order chi connectivity index (χ1) is 12.1. The summed E-state index contributed by atoms with van der Waals surface area (Å²) >= 11 is 2.94. The molecule has 0 bridgehead atoms. The molecule has 0 fully saturated rings. The van der Waals surface area contributed by atoms with Crippen LogP contribution in [0.25, 0.3) is 20.9 Å². The molecule has 0 aliphatic rings. The van der Waals surface area contributed by atoms with Gasteiger partial charge in [-0.15, -0.1) is 21.5 Å². The predicted molar refractivity (Wildman–Crippen MR) is 99.0 cm³/mol. The lowest BCUT2D eigenvalue weighted by molar-refractivity contribution is -0.115. The first-order valence-electron chi connectivity index (χ1n) is 7.63. The van der Waals surface area contributed by atoms with E-state index >= 15 is 0 Å². The van der Waals surface area contributed by atoms with Crippen LogP contribution in [0.3, 0.4) is 0 Å². The fourth-order valence-electron chi connectivity index (χ4n) is 2.66. The van der Waals surface area contributed by atoms with Crippen molar-refractivity contribution in [2.45, 2.75) is 20.3 Å². The second-order valence-corrected chi connectivity index (χ2v) is 7.63. The first kappa shape index (κ1) is 15.9. The summed E-state index contributed by atoms with van der Waals surface area (Å²) in [5.74, 6) is -0.191. The highest BCUT2D eigenvalue weighted by Crippen LogP contribution is 2.30. The van der Waals surface area contributed by atoms with E-state index in [0.717, 1.165) is 32.0 Å². The summed E-state index contributed by atoms with van der Waals surface area (Å²) in [7, 11) is 0. The molecular formula is C17H14N4O2S2. The Bertz CT molecular complexity index is 1050. The van der Waals surface area contributed by atoms with E-state index in [9.17, 15) is 4.79 Å². The van der Waals surface area contributed by atoms with Crippen molar-refractivity contribution in [1.82, 2.24) is 15.4 Å². The van der Waals surface area contributed by atoms with Gasteiger partial charge < -0.3 is 9.84 Å². The van der Waals surface area contributed by atoms with E-state index in [1.807, 2.05) is 43.5 Å². The van der Waals surface area contributed by atoms with Crippen LogP contribution in [0.2, 0.25) is 0 Å². The number of aryl methyl sites for hydroxylation is 2. The molecule has 0 saturated carbocycles. The van der Waals surface area contributed by atoms with Crippen LogP contribution in [0.1, 0.15) is 16.8 Å². The number of aromatic nitrogens is 3. The number of fused-ring (bicyclic) bond motifs is 1. The third-order valence-electron chi connectivity index (χ3n) is 3.71. The molecule has 0 radical (unpaired) electrons. The number of nitrogens with zero attached hydrogens (tertiary/aromatic N) is 3. The van der Waals surface area contributed by atoms with E-state index in [2.05, 4.69) is 20.7 Å². The van der Waals surface area contributed by atoms with E-state index in [1.165, 1.54) is 11.3 Å². The van der Waals surface area contributed by atoms with Gasteiger partial charge in [0.25, 0.3) is 0 Å². The van der Waals surface area contributed by atoms with Crippen molar-refractivity contribution in [3.05, 3.63) is 46.5 Å². The second-order valence-electron chi connectivity index (χ2n) is 5.70. The van der Waals surface area contributed by atoms with Crippen LogP contribution < -0.4 is 5.32 Å². The standard InChI is InChI=1S/C17H14N4O2S2/c1-9-6-10(2)15-11(7-9)12(21-23-15)8-14(22)18-17-20-19-16(25-17)13-4-3-5-24-13/h3-7H,8H2,1-2H3,(H,18,20,22). The molecule has 4 aromatic rings. The number of amides is 1. The van der Waals surface area contributed by atoms with Crippen LogP contribution in [0.5, 0.6) is 0 Å². The molecule has 0 aliphatic heterocycles. The lowest BCUT2D eigenvalue weighted by Crippen LogP contribution is -2.14. The highest BCUT2D eigenvalue weighted by molar-refractivity contribution is 7.23. The summed E-state index contributed by atoms with van der Waals surface area (Å²) in [6.45, 7) is 3.98. The van der Waals surface area contributed by atoms with Crippen molar-refractivity contribution in [2.75, 3.05) is 5.32 Å². The zero-order valence-electron chi connectivity index (χ0n) is 13.6. The highest BCUT2D eigenvalue weighted by Gasteiger charge is 2.16. The van der Waals surface area contributed by atoms with Gasteiger partial charge in [-0.2, -0.15) is 0 Å². The average molecular weight is 370 g/mol. The van der Waals surface area contributed by atoms with E-state index in [-0.39, 0.29) is 12.3 Å². The van der Waals surface area contributed by atoms with Crippen LogP contribution >= 0.6 is 22.7 Å². The summed E-state index contributed by atoms with van der Waals surface area (Å²) in [6.07, 6.45) is 0.129. The van der Waals surface area contributed by atoms with Crippen LogP contribution in [-0.2, 0) is 11.2 Å². The SMILES string of the molecule is Cc1cc(C)c2onc(CC(=O)Nc3nnc(-c4cccs4)s3)c2c1. The minimum Gasteiger partial charge on any atom is -0.356 e. The maximum absolute atomic E-state index is 12.3. The first-order valence-corrected chi connectivity index (χ1v) is 9.32. The number of anilines is 1.